The molecule has 0 amide bonds. The highest BCUT2D eigenvalue weighted by molar-refractivity contribution is 7.89. The number of aliphatic hydroxyl groups excluding tert-OH is 1. The van der Waals surface area contributed by atoms with Crippen molar-refractivity contribution in [2.24, 2.45) is 0 Å². The minimum Gasteiger partial charge on any atom is -0.491 e. The number of nitrogens with one attached hydrogen (secondary N) is 2. The number of piperidine rings is 1. The molecular formula is C29H34F3N3O7S2. The third-order valence-electron chi connectivity index (χ3n) is 7.86. The van der Waals surface area contributed by atoms with Crippen molar-refractivity contribution in [2.75, 3.05) is 39.4 Å². The zero-order chi connectivity index (χ0) is 31.6. The number of halogens is 3. The quantitative estimate of drug-likeness (QED) is 0.287. The average molecular weight is 658 g/mol. The molecule has 0 bridgehead atoms. The first-order valence-corrected chi connectivity index (χ1v) is 17.0. The van der Waals surface area contributed by atoms with Gasteiger partial charge in [-0.1, -0.05) is 36.4 Å². The van der Waals surface area contributed by atoms with Crippen molar-refractivity contribution in [3.8, 4) is 5.75 Å². The molecule has 0 saturated carbocycles. The minimum absolute atomic E-state index is 0.0681. The van der Waals surface area contributed by atoms with Gasteiger partial charge < -0.3 is 19.9 Å². The Bertz CT molecular complexity index is 1680. The number of hydrogen-bond donors (Lipinski definition) is 3. The number of sulfonamides is 2. The molecule has 2 fully saturated rings. The summed E-state index contributed by atoms with van der Waals surface area (Å²) in [6.45, 7) is -0.669. The lowest BCUT2D eigenvalue weighted by Crippen LogP contribution is -2.47. The van der Waals surface area contributed by atoms with Crippen LogP contribution in [0.5, 0.6) is 5.75 Å². The Morgan fingerprint density at radius 1 is 0.977 bits per heavy atom. The Morgan fingerprint density at radius 2 is 1.70 bits per heavy atom. The number of alkyl halides is 3. The van der Waals surface area contributed by atoms with Crippen LogP contribution in [0.25, 0.3) is 10.8 Å². The highest BCUT2D eigenvalue weighted by Gasteiger charge is 2.44. The molecule has 0 aliphatic carbocycles. The Labute approximate surface area is 254 Å². The zero-order valence-electron chi connectivity index (χ0n) is 23.7. The lowest BCUT2D eigenvalue weighted by molar-refractivity contribution is -0.121. The van der Waals surface area contributed by atoms with Gasteiger partial charge in [0, 0.05) is 31.7 Å². The lowest BCUT2D eigenvalue weighted by Gasteiger charge is -2.38. The second kappa shape index (κ2) is 12.9. The van der Waals surface area contributed by atoms with Crippen LogP contribution in [0.4, 0.5) is 13.2 Å². The summed E-state index contributed by atoms with van der Waals surface area (Å²) in [4.78, 5) is -0.127. The number of aliphatic hydroxyl groups is 1. The van der Waals surface area contributed by atoms with Gasteiger partial charge in [-0.3, -0.25) is 0 Å². The molecule has 0 aromatic heterocycles. The van der Waals surface area contributed by atoms with Gasteiger partial charge in [0.05, 0.1) is 22.0 Å². The Balaban J connectivity index is 1.07. The van der Waals surface area contributed by atoms with E-state index in [-0.39, 0.29) is 29.8 Å². The van der Waals surface area contributed by atoms with E-state index >= 15 is 0 Å². The van der Waals surface area contributed by atoms with Gasteiger partial charge in [-0.25, -0.2) is 21.6 Å². The van der Waals surface area contributed by atoms with Crippen molar-refractivity contribution in [1.29, 1.82) is 0 Å². The first kappa shape index (κ1) is 32.6. The summed E-state index contributed by atoms with van der Waals surface area (Å²) >= 11 is 0. The number of benzene rings is 3. The Hall–Kier alpha value is -2.79. The number of nitrogens with zero attached hydrogens (tertiary/aromatic N) is 1. The average Bonchev–Trinajstić information content (AvgIpc) is 3.39. The van der Waals surface area contributed by atoms with Gasteiger partial charge in [0.1, 0.15) is 25.0 Å². The molecule has 15 heteroatoms. The molecule has 2 atom stereocenters. The van der Waals surface area contributed by atoms with Crippen molar-refractivity contribution < 1.29 is 44.6 Å². The largest absolute Gasteiger partial charge is 0.491 e. The van der Waals surface area contributed by atoms with Gasteiger partial charge in [0.15, 0.2) is 0 Å². The SMILES string of the molecule is O=S(=O)(NCC(F)(F)F)c1cccc(OC[C@@H](O)CNC2COC3(CCN(S(=O)(=O)c4ccc5ccccc5c4)CC3)C2)c1. The van der Waals surface area contributed by atoms with Crippen LogP contribution in [-0.2, 0) is 24.8 Å². The van der Waals surface area contributed by atoms with Crippen molar-refractivity contribution in [1.82, 2.24) is 14.3 Å². The minimum atomic E-state index is -4.70. The van der Waals surface area contributed by atoms with Crippen molar-refractivity contribution in [3.05, 3.63) is 66.7 Å². The van der Waals surface area contributed by atoms with Crippen LogP contribution in [0.1, 0.15) is 19.3 Å². The van der Waals surface area contributed by atoms with E-state index < -0.39 is 49.4 Å². The van der Waals surface area contributed by atoms with E-state index in [0.717, 1.165) is 22.9 Å². The molecular weight excluding hydrogens is 623 g/mol. The molecule has 3 N–H and O–H groups in total. The zero-order valence-corrected chi connectivity index (χ0v) is 25.3. The van der Waals surface area contributed by atoms with E-state index in [2.05, 4.69) is 5.32 Å². The van der Waals surface area contributed by atoms with Gasteiger partial charge >= 0.3 is 6.18 Å². The van der Waals surface area contributed by atoms with Gasteiger partial charge in [-0.05, 0) is 54.3 Å². The standard InChI is InChI=1S/C29H34F3N3O7S2/c30-29(31,32)20-34-43(37,38)26-7-3-6-25(15-26)41-19-24(36)17-33-23-16-28(42-18-23)10-12-35(13-11-28)44(39,40)27-9-8-21-4-1-2-5-22(21)14-27/h1-9,14-15,23-24,33-34,36H,10-13,16-20H2/t23?,24-/m0/s1. The summed E-state index contributed by atoms with van der Waals surface area (Å²) in [6.07, 6.45) is -3.93. The van der Waals surface area contributed by atoms with Crippen molar-refractivity contribution in [2.45, 2.75) is 53.0 Å². The molecule has 5 rings (SSSR count). The molecule has 2 heterocycles. The topological polar surface area (TPSA) is 134 Å². The van der Waals surface area contributed by atoms with E-state index in [1.165, 1.54) is 21.2 Å². The molecule has 2 aliphatic heterocycles. The first-order chi connectivity index (χ1) is 20.7. The maximum atomic E-state index is 13.3. The van der Waals surface area contributed by atoms with Crippen LogP contribution in [0.15, 0.2) is 76.5 Å². The summed E-state index contributed by atoms with van der Waals surface area (Å²) in [5, 5.41) is 15.5. The summed E-state index contributed by atoms with van der Waals surface area (Å²) in [5.41, 5.74) is -0.458. The second-order valence-electron chi connectivity index (χ2n) is 11.1. The van der Waals surface area contributed by atoms with Gasteiger partial charge in [0.25, 0.3) is 0 Å². The molecule has 1 spiro atoms. The van der Waals surface area contributed by atoms with Crippen LogP contribution in [-0.4, -0.2) is 89.6 Å². The third kappa shape index (κ3) is 7.88. The normalized spacial score (nSPS) is 20.2. The molecule has 2 saturated heterocycles. The molecule has 44 heavy (non-hydrogen) atoms. The van der Waals surface area contributed by atoms with Crippen molar-refractivity contribution >= 4 is 30.8 Å². The Morgan fingerprint density at radius 3 is 2.43 bits per heavy atom. The second-order valence-corrected chi connectivity index (χ2v) is 14.8. The fraction of sp³-hybridized carbons (Fsp3) is 0.448. The maximum Gasteiger partial charge on any atom is 0.402 e. The fourth-order valence-corrected chi connectivity index (χ4v) is 8.01. The maximum absolute atomic E-state index is 13.3. The van der Waals surface area contributed by atoms with E-state index in [0.29, 0.717) is 39.0 Å². The monoisotopic (exact) mass is 657 g/mol. The number of hydrogen-bond acceptors (Lipinski definition) is 8. The molecule has 2 aliphatic rings. The smallest absolute Gasteiger partial charge is 0.402 e. The molecule has 1 unspecified atom stereocenters. The predicted octanol–water partition coefficient (Wildman–Crippen LogP) is 3.02. The number of fused-ring (bicyclic) bond motifs is 1. The number of ether oxygens (including phenoxy) is 2. The van der Waals surface area contributed by atoms with Crippen LogP contribution >= 0.6 is 0 Å². The highest BCUT2D eigenvalue weighted by Crippen LogP contribution is 2.37. The van der Waals surface area contributed by atoms with Gasteiger partial charge in [-0.15, -0.1) is 0 Å². The van der Waals surface area contributed by atoms with E-state index in [1.807, 2.05) is 30.3 Å². The van der Waals surface area contributed by atoms with Gasteiger partial charge in [0.2, 0.25) is 20.0 Å². The third-order valence-corrected chi connectivity index (χ3v) is 11.2. The molecule has 0 radical (unpaired) electrons. The fourth-order valence-electron chi connectivity index (χ4n) is 5.48. The Kier molecular flexibility index (Phi) is 9.56. The summed E-state index contributed by atoms with van der Waals surface area (Å²) < 4.78 is 103. The summed E-state index contributed by atoms with van der Waals surface area (Å²) in [5.74, 6) is 0.0764. The summed E-state index contributed by atoms with van der Waals surface area (Å²) in [6, 6.07) is 17.7. The predicted molar refractivity (Wildman–Crippen MR) is 156 cm³/mol. The molecule has 3 aromatic rings. The van der Waals surface area contributed by atoms with Crippen LogP contribution in [0.3, 0.4) is 0 Å². The van der Waals surface area contributed by atoms with Crippen LogP contribution in [0, 0.1) is 0 Å². The van der Waals surface area contributed by atoms with E-state index in [9.17, 15) is 35.1 Å². The first-order valence-electron chi connectivity index (χ1n) is 14.1. The van der Waals surface area contributed by atoms with E-state index in [1.54, 1.807) is 12.1 Å². The van der Waals surface area contributed by atoms with Gasteiger partial charge in [-0.2, -0.15) is 17.5 Å². The van der Waals surface area contributed by atoms with Crippen LogP contribution in [0.2, 0.25) is 0 Å². The lowest BCUT2D eigenvalue weighted by atomic mass is 9.88. The molecule has 10 nitrogen and oxygen atoms in total. The number of rotatable bonds is 11. The van der Waals surface area contributed by atoms with E-state index in [4.69, 9.17) is 9.47 Å². The molecule has 3 aromatic carbocycles. The molecule has 240 valence electrons. The van der Waals surface area contributed by atoms with Crippen LogP contribution < -0.4 is 14.8 Å². The highest BCUT2D eigenvalue weighted by atomic mass is 32.2. The summed E-state index contributed by atoms with van der Waals surface area (Å²) in [7, 11) is -8.05. The van der Waals surface area contributed by atoms with Crippen molar-refractivity contribution in [3.63, 3.8) is 0 Å².